The fourth-order valence-electron chi connectivity index (χ4n) is 2.77. The molecule has 2 heterocycles. The summed E-state index contributed by atoms with van der Waals surface area (Å²) in [5.74, 6) is -1.61. The molecule has 0 aliphatic carbocycles. The van der Waals surface area contributed by atoms with Crippen LogP contribution in [0.1, 0.15) is 22.9 Å². The Morgan fingerprint density at radius 1 is 1.20 bits per heavy atom. The first-order chi connectivity index (χ1) is 12.0. The maximum Gasteiger partial charge on any atom is 0.257 e. The number of imidazole rings is 1. The molecule has 1 N–H and O–H groups in total. The van der Waals surface area contributed by atoms with Crippen LogP contribution in [0.5, 0.6) is 0 Å². The third kappa shape index (κ3) is 3.82. The van der Waals surface area contributed by atoms with Crippen LogP contribution in [0, 0.1) is 18.6 Å². The zero-order valence-corrected chi connectivity index (χ0v) is 13.5. The van der Waals surface area contributed by atoms with E-state index in [0.717, 1.165) is 35.1 Å². The molecule has 25 heavy (non-hydrogen) atoms. The number of benzene rings is 1. The summed E-state index contributed by atoms with van der Waals surface area (Å²) in [6.07, 6.45) is 1.21. The molecule has 0 aliphatic rings. The molecule has 3 aromatic rings. The molecule has 3 rings (SSSR count). The third-order valence-electron chi connectivity index (χ3n) is 4.02. The number of hydrogen-bond donors (Lipinski definition) is 1. The average molecular weight is 351 g/mol. The van der Waals surface area contributed by atoms with Crippen molar-refractivity contribution < 1.29 is 17.6 Å². The van der Waals surface area contributed by atoms with Gasteiger partial charge in [-0.25, -0.2) is 22.5 Å². The SMILES string of the molecule is Cc1cccn2cc(CCNC(c3cc(F)ccc3F)C(F)F)nc12. The van der Waals surface area contributed by atoms with E-state index in [1.54, 1.807) is 0 Å². The quantitative estimate of drug-likeness (QED) is 0.679. The Labute approximate surface area is 142 Å². The smallest absolute Gasteiger partial charge is 0.257 e. The minimum absolute atomic E-state index is 0.161. The summed E-state index contributed by atoms with van der Waals surface area (Å²) in [5.41, 5.74) is 2.17. The zero-order valence-electron chi connectivity index (χ0n) is 13.5. The van der Waals surface area contributed by atoms with Crippen LogP contribution in [0.4, 0.5) is 17.6 Å². The van der Waals surface area contributed by atoms with Gasteiger partial charge in [-0.15, -0.1) is 0 Å². The van der Waals surface area contributed by atoms with Gasteiger partial charge in [0.2, 0.25) is 0 Å². The molecule has 1 aromatic carbocycles. The Balaban J connectivity index is 1.71. The average Bonchev–Trinajstić information content (AvgIpc) is 2.98. The number of aromatic nitrogens is 2. The zero-order chi connectivity index (χ0) is 18.0. The molecule has 132 valence electrons. The summed E-state index contributed by atoms with van der Waals surface area (Å²) >= 11 is 0. The minimum atomic E-state index is -2.86. The maximum absolute atomic E-state index is 13.8. The number of pyridine rings is 1. The highest BCUT2D eigenvalue weighted by atomic mass is 19.3. The Bertz CT molecular complexity index is 876. The summed E-state index contributed by atoms with van der Waals surface area (Å²) in [4.78, 5) is 4.46. The first-order valence-electron chi connectivity index (χ1n) is 7.85. The molecule has 2 aromatic heterocycles. The van der Waals surface area contributed by atoms with Crippen molar-refractivity contribution >= 4 is 5.65 Å². The topological polar surface area (TPSA) is 29.3 Å². The van der Waals surface area contributed by atoms with Crippen LogP contribution in [-0.4, -0.2) is 22.4 Å². The molecule has 0 amide bonds. The van der Waals surface area contributed by atoms with Gasteiger partial charge in [-0.2, -0.15) is 0 Å². The fraction of sp³-hybridized carbons (Fsp3) is 0.278. The lowest BCUT2D eigenvalue weighted by atomic mass is 10.1. The lowest BCUT2D eigenvalue weighted by Crippen LogP contribution is -2.30. The van der Waals surface area contributed by atoms with Crippen molar-refractivity contribution in [3.05, 3.63) is 71.2 Å². The first kappa shape index (κ1) is 17.4. The molecule has 0 spiro atoms. The number of nitrogens with one attached hydrogen (secondary N) is 1. The second-order valence-corrected chi connectivity index (χ2v) is 5.84. The van der Waals surface area contributed by atoms with Crippen LogP contribution in [0.3, 0.4) is 0 Å². The van der Waals surface area contributed by atoms with Gasteiger partial charge in [-0.3, -0.25) is 0 Å². The number of hydrogen-bond acceptors (Lipinski definition) is 2. The number of aryl methyl sites for hydroxylation is 1. The molecule has 3 nitrogen and oxygen atoms in total. The number of halogens is 4. The summed E-state index contributed by atoms with van der Waals surface area (Å²) in [5, 5.41) is 2.61. The maximum atomic E-state index is 13.8. The van der Waals surface area contributed by atoms with Gasteiger partial charge in [0, 0.05) is 30.9 Å². The van der Waals surface area contributed by atoms with Gasteiger partial charge in [0.15, 0.2) is 0 Å². The number of rotatable bonds is 6. The van der Waals surface area contributed by atoms with Crippen molar-refractivity contribution in [1.82, 2.24) is 14.7 Å². The molecule has 7 heteroatoms. The van der Waals surface area contributed by atoms with Crippen molar-refractivity contribution in [1.29, 1.82) is 0 Å². The Kier molecular flexibility index (Phi) is 5.03. The number of nitrogens with zero attached hydrogens (tertiary/aromatic N) is 2. The standard InChI is InChI=1S/C18H17F4N3/c1-11-3-2-8-25-10-13(24-18(11)25)6-7-23-16(17(21)22)14-9-12(19)4-5-15(14)20/h2-5,8-10,16-17,23H,6-7H2,1H3. The highest BCUT2D eigenvalue weighted by Crippen LogP contribution is 2.24. The predicted molar refractivity (Wildman–Crippen MR) is 86.7 cm³/mol. The van der Waals surface area contributed by atoms with Crippen molar-refractivity contribution in [3.63, 3.8) is 0 Å². The van der Waals surface area contributed by atoms with Crippen molar-refractivity contribution in [2.75, 3.05) is 6.54 Å². The third-order valence-corrected chi connectivity index (χ3v) is 4.02. The van der Waals surface area contributed by atoms with E-state index in [1.807, 2.05) is 35.9 Å². The van der Waals surface area contributed by atoms with Gasteiger partial charge in [0.1, 0.15) is 17.3 Å². The Hall–Kier alpha value is -2.41. The largest absolute Gasteiger partial charge is 0.307 e. The van der Waals surface area contributed by atoms with Gasteiger partial charge in [0.25, 0.3) is 6.43 Å². The monoisotopic (exact) mass is 351 g/mol. The first-order valence-corrected chi connectivity index (χ1v) is 7.85. The Morgan fingerprint density at radius 2 is 2.00 bits per heavy atom. The lowest BCUT2D eigenvalue weighted by molar-refractivity contribution is 0.0967. The van der Waals surface area contributed by atoms with E-state index < -0.39 is 24.1 Å². The van der Waals surface area contributed by atoms with Crippen LogP contribution < -0.4 is 5.32 Å². The van der Waals surface area contributed by atoms with Crippen LogP contribution in [-0.2, 0) is 6.42 Å². The van der Waals surface area contributed by atoms with Crippen LogP contribution in [0.25, 0.3) is 5.65 Å². The van der Waals surface area contributed by atoms with E-state index >= 15 is 0 Å². The van der Waals surface area contributed by atoms with Crippen LogP contribution in [0.2, 0.25) is 0 Å². The summed E-state index contributed by atoms with van der Waals surface area (Å²) in [6, 6.07) is 4.81. The number of fused-ring (bicyclic) bond motifs is 1. The lowest BCUT2D eigenvalue weighted by Gasteiger charge is -2.18. The van der Waals surface area contributed by atoms with Crippen molar-refractivity contribution in [2.24, 2.45) is 0 Å². The molecular formula is C18H17F4N3. The van der Waals surface area contributed by atoms with E-state index in [4.69, 9.17) is 0 Å². The highest BCUT2D eigenvalue weighted by molar-refractivity contribution is 5.47. The van der Waals surface area contributed by atoms with E-state index in [-0.39, 0.29) is 12.1 Å². The van der Waals surface area contributed by atoms with Gasteiger partial charge < -0.3 is 9.72 Å². The Morgan fingerprint density at radius 3 is 2.72 bits per heavy atom. The molecule has 0 bridgehead atoms. The molecule has 1 atom stereocenters. The van der Waals surface area contributed by atoms with E-state index in [9.17, 15) is 17.6 Å². The second kappa shape index (κ2) is 7.23. The van der Waals surface area contributed by atoms with Gasteiger partial charge in [0.05, 0.1) is 11.7 Å². The summed E-state index contributed by atoms with van der Waals surface area (Å²) in [7, 11) is 0. The number of alkyl halides is 2. The van der Waals surface area contributed by atoms with Crippen LogP contribution >= 0.6 is 0 Å². The second-order valence-electron chi connectivity index (χ2n) is 5.84. The highest BCUT2D eigenvalue weighted by Gasteiger charge is 2.25. The van der Waals surface area contributed by atoms with E-state index in [2.05, 4.69) is 10.3 Å². The molecule has 0 radical (unpaired) electrons. The molecular weight excluding hydrogens is 334 g/mol. The van der Waals surface area contributed by atoms with Gasteiger partial charge in [-0.1, -0.05) is 6.07 Å². The van der Waals surface area contributed by atoms with Gasteiger partial charge in [-0.05, 0) is 36.8 Å². The predicted octanol–water partition coefficient (Wildman–Crippen LogP) is 4.06. The minimum Gasteiger partial charge on any atom is -0.307 e. The van der Waals surface area contributed by atoms with Crippen molar-refractivity contribution in [2.45, 2.75) is 25.8 Å². The molecule has 0 fully saturated rings. The molecule has 0 saturated heterocycles. The van der Waals surface area contributed by atoms with E-state index in [1.165, 1.54) is 0 Å². The molecule has 1 unspecified atom stereocenters. The summed E-state index contributed by atoms with van der Waals surface area (Å²) < 4.78 is 55.4. The van der Waals surface area contributed by atoms with Crippen LogP contribution in [0.15, 0.2) is 42.7 Å². The fourth-order valence-corrected chi connectivity index (χ4v) is 2.77. The normalized spacial score (nSPS) is 12.9. The molecule has 0 saturated carbocycles. The summed E-state index contributed by atoms with van der Waals surface area (Å²) in [6.45, 7) is 2.10. The van der Waals surface area contributed by atoms with Crippen molar-refractivity contribution in [3.8, 4) is 0 Å². The molecule has 0 aliphatic heterocycles. The van der Waals surface area contributed by atoms with Gasteiger partial charge >= 0.3 is 0 Å². The van der Waals surface area contributed by atoms with E-state index in [0.29, 0.717) is 6.42 Å².